The number of carbonyl (C=O) groups is 4. The Bertz CT molecular complexity index is 2120. The number of aliphatic imine (C=N–C) groups is 1. The van der Waals surface area contributed by atoms with Crippen LogP contribution in [0.25, 0.3) is 33.2 Å². The summed E-state index contributed by atoms with van der Waals surface area (Å²) in [5.41, 5.74) is 4.25. The Balaban J connectivity index is 1.05. The summed E-state index contributed by atoms with van der Waals surface area (Å²) in [4.78, 5) is 67.8. The lowest BCUT2D eigenvalue weighted by atomic mass is 10.0. The van der Waals surface area contributed by atoms with Crippen molar-refractivity contribution in [2.45, 2.75) is 83.6 Å². The maximum Gasteiger partial charge on any atom is 0.407 e. The minimum atomic E-state index is -0.702. The number of amidine groups is 1. The molecule has 2 saturated heterocycles. The van der Waals surface area contributed by atoms with Gasteiger partial charge in [-0.15, -0.1) is 0 Å². The topological polar surface area (TPSA) is 183 Å². The van der Waals surface area contributed by atoms with E-state index >= 15 is 0 Å². The van der Waals surface area contributed by atoms with Gasteiger partial charge in [-0.25, -0.2) is 14.6 Å². The maximum atomic E-state index is 13.6. The number of hydrogen-bond acceptors (Lipinski definition) is 10. The van der Waals surface area contributed by atoms with Crippen molar-refractivity contribution in [2.75, 3.05) is 33.9 Å². The number of likely N-dealkylation sites (tertiary alicyclic amines) is 2. The standard InChI is InChI=1S/C40H50N8O7/c1-21(2)33(45-39(51)53-5)37(49)47-15-7-9-29(47)35-41-19-27(43-35)23-11-13-25-26-14-12-24(18-32(26)55-31(25)17-23)28-20-42-36(44-28)30-10-8-16-48(30)38(50)34(22(3)4)46-40(52)54-6/h11-14,17-19,21-22,28-30,33-34H,7-10,15-16,20H2,1-6H3,(H,41,43)(H,42,44)(H,45,51)(H,46,52)/t28?,29-,30-,33-,34-/m0/s1. The van der Waals surface area contributed by atoms with Gasteiger partial charge in [-0.05, 0) is 61.3 Å². The Hall–Kier alpha value is -5.60. The van der Waals surface area contributed by atoms with E-state index in [0.29, 0.717) is 25.5 Å². The Morgan fingerprint density at radius 2 is 1.40 bits per heavy atom. The molecule has 3 aliphatic rings. The van der Waals surface area contributed by atoms with Crippen molar-refractivity contribution in [1.29, 1.82) is 0 Å². The molecule has 2 aromatic heterocycles. The van der Waals surface area contributed by atoms with Crippen molar-refractivity contribution in [3.8, 4) is 11.3 Å². The van der Waals surface area contributed by atoms with E-state index < -0.39 is 24.3 Å². The van der Waals surface area contributed by atoms with E-state index in [1.165, 1.54) is 14.2 Å². The first-order valence-electron chi connectivity index (χ1n) is 19.1. The predicted molar refractivity (Wildman–Crippen MR) is 206 cm³/mol. The first kappa shape index (κ1) is 37.7. The van der Waals surface area contributed by atoms with Gasteiger partial charge in [0, 0.05) is 29.4 Å². The number of hydrogen-bond donors (Lipinski definition) is 4. The van der Waals surface area contributed by atoms with Crippen LogP contribution < -0.4 is 16.0 Å². The predicted octanol–water partition coefficient (Wildman–Crippen LogP) is 5.43. The first-order valence-corrected chi connectivity index (χ1v) is 19.1. The number of nitrogens with zero attached hydrogens (tertiary/aromatic N) is 4. The monoisotopic (exact) mass is 754 g/mol. The minimum absolute atomic E-state index is 0.0765. The summed E-state index contributed by atoms with van der Waals surface area (Å²) in [6, 6.07) is 10.4. The van der Waals surface area contributed by atoms with Crippen molar-refractivity contribution in [1.82, 2.24) is 35.7 Å². The number of benzene rings is 2. The van der Waals surface area contributed by atoms with Gasteiger partial charge >= 0.3 is 12.2 Å². The Kier molecular flexibility index (Phi) is 10.7. The average Bonchev–Trinajstić information content (AvgIpc) is 4.02. The number of nitrogens with one attached hydrogen (secondary N) is 4. The summed E-state index contributed by atoms with van der Waals surface area (Å²) in [6.45, 7) is 9.31. The Labute approximate surface area is 319 Å². The fourth-order valence-electron chi connectivity index (χ4n) is 8.07. The molecule has 3 aliphatic heterocycles. The minimum Gasteiger partial charge on any atom is -0.456 e. The molecule has 0 saturated carbocycles. The van der Waals surface area contributed by atoms with E-state index in [2.05, 4.69) is 39.1 Å². The molecule has 55 heavy (non-hydrogen) atoms. The van der Waals surface area contributed by atoms with Gasteiger partial charge in [-0.3, -0.25) is 14.6 Å². The van der Waals surface area contributed by atoms with Crippen LogP contribution in [-0.4, -0.2) is 102 Å². The molecule has 0 bridgehead atoms. The number of rotatable bonds is 10. The van der Waals surface area contributed by atoms with E-state index in [-0.39, 0.29) is 41.8 Å². The second-order valence-corrected chi connectivity index (χ2v) is 15.3. The summed E-state index contributed by atoms with van der Waals surface area (Å²) in [5, 5.41) is 11.0. The van der Waals surface area contributed by atoms with Gasteiger partial charge in [-0.1, -0.05) is 45.9 Å². The number of methoxy groups -OCH3 is 2. The molecular formula is C40H50N8O7. The van der Waals surface area contributed by atoms with Crippen LogP contribution in [0, 0.1) is 11.8 Å². The van der Waals surface area contributed by atoms with E-state index in [4.69, 9.17) is 23.9 Å². The van der Waals surface area contributed by atoms with Gasteiger partial charge < -0.3 is 44.6 Å². The van der Waals surface area contributed by atoms with Crippen molar-refractivity contribution >= 4 is 51.8 Å². The number of imidazole rings is 1. The normalized spacial score (nSPS) is 20.9. The van der Waals surface area contributed by atoms with E-state index in [9.17, 15) is 19.2 Å². The molecule has 2 aromatic carbocycles. The lowest BCUT2D eigenvalue weighted by Crippen LogP contribution is -2.54. The van der Waals surface area contributed by atoms with Crippen molar-refractivity contribution < 1.29 is 33.1 Å². The molecule has 7 rings (SSSR count). The highest BCUT2D eigenvalue weighted by atomic mass is 16.5. The molecule has 0 aliphatic carbocycles. The molecule has 1 unspecified atom stereocenters. The van der Waals surface area contributed by atoms with Crippen LogP contribution in [0.3, 0.4) is 0 Å². The number of furan rings is 1. The van der Waals surface area contributed by atoms with Crippen molar-refractivity contribution in [3.63, 3.8) is 0 Å². The third-order valence-corrected chi connectivity index (χ3v) is 11.1. The second kappa shape index (κ2) is 15.6. The highest BCUT2D eigenvalue weighted by Crippen LogP contribution is 2.36. The number of aromatic amines is 1. The zero-order valence-electron chi connectivity index (χ0n) is 32.2. The summed E-state index contributed by atoms with van der Waals surface area (Å²) < 4.78 is 16.0. The molecule has 4 aromatic rings. The molecule has 0 spiro atoms. The molecule has 4 N–H and O–H groups in total. The van der Waals surface area contributed by atoms with Crippen LogP contribution in [0.15, 0.2) is 52.0 Å². The lowest BCUT2D eigenvalue weighted by molar-refractivity contribution is -0.135. The fraction of sp³-hybridized carbons (Fsp3) is 0.500. The number of ether oxygens (including phenoxy) is 2. The van der Waals surface area contributed by atoms with Crippen LogP contribution in [0.5, 0.6) is 0 Å². The molecule has 15 nitrogen and oxygen atoms in total. The number of fused-ring (bicyclic) bond motifs is 3. The second-order valence-electron chi connectivity index (χ2n) is 15.3. The lowest BCUT2D eigenvalue weighted by Gasteiger charge is -2.31. The number of amides is 4. The van der Waals surface area contributed by atoms with E-state index in [0.717, 1.165) is 70.3 Å². The molecule has 15 heteroatoms. The van der Waals surface area contributed by atoms with Gasteiger partial charge in [0.25, 0.3) is 0 Å². The highest BCUT2D eigenvalue weighted by molar-refractivity contribution is 6.06. The Morgan fingerprint density at radius 1 is 0.818 bits per heavy atom. The van der Waals surface area contributed by atoms with Crippen LogP contribution in [0.4, 0.5) is 9.59 Å². The zero-order valence-corrected chi connectivity index (χ0v) is 32.2. The van der Waals surface area contributed by atoms with Gasteiger partial charge in [0.2, 0.25) is 11.8 Å². The van der Waals surface area contributed by atoms with Crippen LogP contribution in [0.1, 0.15) is 76.8 Å². The number of H-pyrrole nitrogens is 1. The number of alkyl carbamates (subject to hydrolysis) is 2. The first-order chi connectivity index (χ1) is 26.5. The smallest absolute Gasteiger partial charge is 0.407 e. The zero-order chi connectivity index (χ0) is 39.0. The third kappa shape index (κ3) is 7.43. The third-order valence-electron chi connectivity index (χ3n) is 11.1. The van der Waals surface area contributed by atoms with E-state index in [1.54, 1.807) is 11.1 Å². The van der Waals surface area contributed by atoms with Crippen LogP contribution >= 0.6 is 0 Å². The highest BCUT2D eigenvalue weighted by Gasteiger charge is 2.40. The van der Waals surface area contributed by atoms with Gasteiger partial charge in [0.1, 0.15) is 34.9 Å². The molecule has 5 atom stereocenters. The van der Waals surface area contributed by atoms with Crippen LogP contribution in [-0.2, 0) is 19.1 Å². The van der Waals surface area contributed by atoms with Crippen molar-refractivity contribution in [2.24, 2.45) is 16.8 Å². The van der Waals surface area contributed by atoms with Crippen LogP contribution in [0.2, 0.25) is 0 Å². The molecule has 292 valence electrons. The summed E-state index contributed by atoms with van der Waals surface area (Å²) in [6.07, 6.45) is 3.77. The molecule has 0 radical (unpaired) electrons. The molecule has 4 amide bonds. The van der Waals surface area contributed by atoms with Gasteiger partial charge in [-0.2, -0.15) is 0 Å². The molecular weight excluding hydrogens is 704 g/mol. The number of aromatic nitrogens is 2. The van der Waals surface area contributed by atoms with Gasteiger partial charge in [0.05, 0.1) is 50.8 Å². The maximum absolute atomic E-state index is 13.6. The largest absolute Gasteiger partial charge is 0.456 e. The summed E-state index contributed by atoms with van der Waals surface area (Å²) in [7, 11) is 2.58. The van der Waals surface area contributed by atoms with Gasteiger partial charge in [0.15, 0.2) is 0 Å². The molecule has 2 fully saturated rings. The fourth-order valence-corrected chi connectivity index (χ4v) is 8.07. The average molecular weight is 755 g/mol. The summed E-state index contributed by atoms with van der Waals surface area (Å²) >= 11 is 0. The quantitative estimate of drug-likeness (QED) is 0.164. The SMILES string of the molecule is COC(=O)N[C@H](C(=O)N1CCC[C@H]1C1=NCC(c2ccc3c(c2)oc2cc(-c4cnc([C@@H]5CCCN5C(=O)[C@@H](NC(=O)OC)C(C)C)[nH]4)ccc23)N1)C(C)C. The van der Waals surface area contributed by atoms with E-state index in [1.807, 2.05) is 50.8 Å². The Morgan fingerprint density at radius 3 is 2.02 bits per heavy atom. The molecule has 5 heterocycles. The summed E-state index contributed by atoms with van der Waals surface area (Å²) in [5.74, 6) is 0.973. The van der Waals surface area contributed by atoms with Crippen molar-refractivity contribution in [3.05, 3.63) is 54.0 Å². The number of carbonyl (C=O) groups excluding carboxylic acids is 4.